The Labute approximate surface area is 138 Å². The van der Waals surface area contributed by atoms with E-state index in [4.69, 9.17) is 16.3 Å². The number of halogens is 2. The summed E-state index contributed by atoms with van der Waals surface area (Å²) >= 11 is 5.61. The molecule has 0 saturated heterocycles. The second-order valence-corrected chi connectivity index (χ2v) is 6.54. The van der Waals surface area contributed by atoms with E-state index in [9.17, 15) is 17.6 Å². The number of sulfonamides is 1. The largest absolute Gasteiger partial charge is 0.462 e. The van der Waals surface area contributed by atoms with E-state index in [1.165, 1.54) is 42.5 Å². The number of carbonyl (C=O) groups excluding carboxylic acids is 1. The summed E-state index contributed by atoms with van der Waals surface area (Å²) in [6.07, 6.45) is 0. The fourth-order valence-corrected chi connectivity index (χ4v) is 3.00. The number of anilines is 1. The van der Waals surface area contributed by atoms with Crippen LogP contribution in [0.4, 0.5) is 10.1 Å². The zero-order chi connectivity index (χ0) is 17.0. The highest BCUT2D eigenvalue weighted by molar-refractivity contribution is 7.92. The topological polar surface area (TPSA) is 72.5 Å². The average molecular weight is 358 g/mol. The summed E-state index contributed by atoms with van der Waals surface area (Å²) in [4.78, 5) is 11.4. The van der Waals surface area contributed by atoms with Crippen LogP contribution in [-0.2, 0) is 14.8 Å². The zero-order valence-corrected chi connectivity index (χ0v) is 13.6. The predicted molar refractivity (Wildman–Crippen MR) is 84.6 cm³/mol. The van der Waals surface area contributed by atoms with Crippen LogP contribution in [0.25, 0.3) is 0 Å². The molecule has 0 fully saturated rings. The first-order valence-electron chi connectivity index (χ1n) is 6.59. The molecule has 1 N–H and O–H groups in total. The lowest BCUT2D eigenvalue weighted by atomic mass is 10.2. The molecule has 0 aromatic heterocycles. The van der Waals surface area contributed by atoms with Crippen LogP contribution in [0.1, 0.15) is 17.3 Å². The van der Waals surface area contributed by atoms with Gasteiger partial charge in [-0.1, -0.05) is 17.7 Å². The van der Waals surface area contributed by atoms with Gasteiger partial charge in [0, 0.05) is 0 Å². The number of ether oxygens (including phenoxy) is 1. The molecule has 8 heteroatoms. The van der Waals surface area contributed by atoms with Crippen molar-refractivity contribution in [3.05, 3.63) is 58.9 Å². The third-order valence-electron chi connectivity index (χ3n) is 2.87. The summed E-state index contributed by atoms with van der Waals surface area (Å²) in [5.74, 6) is -1.41. The lowest BCUT2D eigenvalue weighted by Gasteiger charge is -2.10. The third kappa shape index (κ3) is 4.00. The standard InChI is InChI=1S/C15H13ClFNO4S/c1-2-22-15(19)10-6-8-11(9-7-10)23(20,21)18-13-5-3-4-12(16)14(13)17/h3-9,18H,2H2,1H3. The lowest BCUT2D eigenvalue weighted by Crippen LogP contribution is -2.14. The minimum absolute atomic E-state index is 0.120. The Kier molecular flexibility index (Phi) is 5.23. The van der Waals surface area contributed by atoms with E-state index >= 15 is 0 Å². The molecule has 0 aliphatic carbocycles. The van der Waals surface area contributed by atoms with Gasteiger partial charge in [0.2, 0.25) is 0 Å². The smallest absolute Gasteiger partial charge is 0.338 e. The molecule has 23 heavy (non-hydrogen) atoms. The van der Waals surface area contributed by atoms with Crippen molar-refractivity contribution in [1.82, 2.24) is 0 Å². The quantitative estimate of drug-likeness (QED) is 0.832. The number of hydrogen-bond acceptors (Lipinski definition) is 4. The molecule has 0 radical (unpaired) electrons. The van der Waals surface area contributed by atoms with Gasteiger partial charge >= 0.3 is 5.97 Å². The van der Waals surface area contributed by atoms with Crippen molar-refractivity contribution in [3.63, 3.8) is 0 Å². The molecule has 122 valence electrons. The first-order chi connectivity index (χ1) is 10.8. The molecular formula is C15H13ClFNO4S. The van der Waals surface area contributed by atoms with Gasteiger partial charge in [0.05, 0.1) is 27.8 Å². The Morgan fingerprint density at radius 2 is 1.87 bits per heavy atom. The van der Waals surface area contributed by atoms with Gasteiger partial charge in [-0.15, -0.1) is 0 Å². The zero-order valence-electron chi connectivity index (χ0n) is 12.0. The molecule has 0 spiro atoms. The summed E-state index contributed by atoms with van der Waals surface area (Å²) in [6.45, 7) is 1.88. The maximum Gasteiger partial charge on any atom is 0.338 e. The number of rotatable bonds is 5. The number of esters is 1. The van der Waals surface area contributed by atoms with Crippen molar-refractivity contribution in [1.29, 1.82) is 0 Å². The molecule has 2 aromatic carbocycles. The van der Waals surface area contributed by atoms with Crippen LogP contribution in [-0.4, -0.2) is 21.0 Å². The van der Waals surface area contributed by atoms with Crippen molar-refractivity contribution < 1.29 is 22.3 Å². The summed E-state index contributed by atoms with van der Waals surface area (Å²) in [5, 5.41) is -0.192. The van der Waals surface area contributed by atoms with Crippen LogP contribution in [0, 0.1) is 5.82 Å². The predicted octanol–water partition coefficient (Wildman–Crippen LogP) is 3.46. The second-order valence-electron chi connectivity index (χ2n) is 4.45. The third-order valence-corrected chi connectivity index (χ3v) is 4.54. The second kappa shape index (κ2) is 6.97. The summed E-state index contributed by atoms with van der Waals surface area (Å²) in [7, 11) is -4.01. The monoisotopic (exact) mass is 357 g/mol. The highest BCUT2D eigenvalue weighted by Gasteiger charge is 2.18. The highest BCUT2D eigenvalue weighted by Crippen LogP contribution is 2.24. The van der Waals surface area contributed by atoms with Crippen LogP contribution in [0.5, 0.6) is 0 Å². The van der Waals surface area contributed by atoms with Crippen molar-refractivity contribution >= 4 is 33.3 Å². The maximum atomic E-state index is 13.8. The maximum absolute atomic E-state index is 13.8. The van der Waals surface area contributed by atoms with Crippen molar-refractivity contribution in [3.8, 4) is 0 Å². The molecule has 0 saturated carbocycles. The summed E-state index contributed by atoms with van der Waals surface area (Å²) in [6, 6.07) is 9.09. The minimum Gasteiger partial charge on any atom is -0.462 e. The molecule has 5 nitrogen and oxygen atoms in total. The van der Waals surface area contributed by atoms with Crippen LogP contribution in [0.15, 0.2) is 47.4 Å². The van der Waals surface area contributed by atoms with E-state index in [2.05, 4.69) is 4.72 Å². The van der Waals surface area contributed by atoms with Gasteiger partial charge in [-0.25, -0.2) is 17.6 Å². The van der Waals surface area contributed by atoms with Crippen LogP contribution < -0.4 is 4.72 Å². The molecule has 2 rings (SSSR count). The molecule has 0 amide bonds. The molecule has 0 heterocycles. The molecule has 0 unspecified atom stereocenters. The first kappa shape index (κ1) is 17.2. The number of carbonyl (C=O) groups is 1. The number of benzene rings is 2. The highest BCUT2D eigenvalue weighted by atomic mass is 35.5. The fraction of sp³-hybridized carbons (Fsp3) is 0.133. The van der Waals surface area contributed by atoms with Gasteiger partial charge in [-0.3, -0.25) is 4.72 Å². The minimum atomic E-state index is -4.01. The molecule has 0 aliphatic heterocycles. The fourth-order valence-electron chi connectivity index (χ4n) is 1.77. The molecule has 0 aliphatic rings. The Balaban J connectivity index is 2.26. The van der Waals surface area contributed by atoms with Gasteiger partial charge in [-0.05, 0) is 43.3 Å². The van der Waals surface area contributed by atoms with Gasteiger partial charge in [0.25, 0.3) is 10.0 Å². The Morgan fingerprint density at radius 3 is 2.48 bits per heavy atom. The van der Waals surface area contributed by atoms with Crippen molar-refractivity contribution in [2.24, 2.45) is 0 Å². The Morgan fingerprint density at radius 1 is 1.22 bits per heavy atom. The van der Waals surface area contributed by atoms with Crippen molar-refractivity contribution in [2.45, 2.75) is 11.8 Å². The summed E-state index contributed by atoms with van der Waals surface area (Å²) in [5.41, 5.74) is -0.0355. The average Bonchev–Trinajstić information content (AvgIpc) is 2.52. The Hall–Kier alpha value is -2.12. The van der Waals surface area contributed by atoms with E-state index in [0.717, 1.165) is 0 Å². The van der Waals surface area contributed by atoms with E-state index < -0.39 is 21.8 Å². The molecule has 2 aromatic rings. The van der Waals surface area contributed by atoms with Crippen LogP contribution in [0.3, 0.4) is 0 Å². The van der Waals surface area contributed by atoms with Gasteiger partial charge < -0.3 is 4.74 Å². The van der Waals surface area contributed by atoms with Gasteiger partial charge in [0.15, 0.2) is 5.82 Å². The SMILES string of the molecule is CCOC(=O)c1ccc(S(=O)(=O)Nc2cccc(Cl)c2F)cc1. The first-order valence-corrected chi connectivity index (χ1v) is 8.45. The summed E-state index contributed by atoms with van der Waals surface area (Å²) < 4.78 is 45.2. The molecule has 0 atom stereocenters. The van der Waals surface area contributed by atoms with Crippen LogP contribution >= 0.6 is 11.6 Å². The normalized spacial score (nSPS) is 11.1. The lowest BCUT2D eigenvalue weighted by molar-refractivity contribution is 0.0526. The van der Waals surface area contributed by atoms with Gasteiger partial charge in [-0.2, -0.15) is 0 Å². The van der Waals surface area contributed by atoms with E-state index in [1.807, 2.05) is 0 Å². The Bertz CT molecular complexity index is 822. The number of nitrogens with one attached hydrogen (secondary N) is 1. The molecular weight excluding hydrogens is 345 g/mol. The number of hydrogen-bond donors (Lipinski definition) is 1. The van der Waals surface area contributed by atoms with Gasteiger partial charge in [0.1, 0.15) is 0 Å². The van der Waals surface area contributed by atoms with E-state index in [-0.39, 0.29) is 27.8 Å². The van der Waals surface area contributed by atoms with Crippen LogP contribution in [0.2, 0.25) is 5.02 Å². The molecule has 0 bridgehead atoms. The van der Waals surface area contributed by atoms with E-state index in [1.54, 1.807) is 6.92 Å². The van der Waals surface area contributed by atoms with Crippen molar-refractivity contribution in [2.75, 3.05) is 11.3 Å². The van der Waals surface area contributed by atoms with E-state index in [0.29, 0.717) is 0 Å².